The summed E-state index contributed by atoms with van der Waals surface area (Å²) in [5.41, 5.74) is 6.81. The van der Waals surface area contributed by atoms with Gasteiger partial charge in [-0.1, -0.05) is 12.1 Å². The Bertz CT molecular complexity index is 723. The molecule has 5 nitrogen and oxygen atoms in total. The lowest BCUT2D eigenvalue weighted by atomic mass is 10.1. The first-order valence-corrected chi connectivity index (χ1v) is 8.71. The second-order valence-electron chi connectivity index (χ2n) is 5.75. The van der Waals surface area contributed by atoms with Gasteiger partial charge in [-0.2, -0.15) is 0 Å². The van der Waals surface area contributed by atoms with E-state index in [9.17, 15) is 4.79 Å². The minimum atomic E-state index is -0.417. The van der Waals surface area contributed by atoms with E-state index in [0.29, 0.717) is 12.1 Å². The van der Waals surface area contributed by atoms with Gasteiger partial charge in [-0.3, -0.25) is 9.79 Å². The molecule has 0 saturated carbocycles. The van der Waals surface area contributed by atoms with Crippen LogP contribution in [-0.4, -0.2) is 25.0 Å². The Morgan fingerprint density at radius 3 is 2.75 bits per heavy atom. The van der Waals surface area contributed by atoms with Gasteiger partial charge in [0.05, 0.1) is 0 Å². The van der Waals surface area contributed by atoms with E-state index < -0.39 is 5.91 Å². The van der Waals surface area contributed by atoms with Crippen LogP contribution in [0.2, 0.25) is 0 Å². The number of benzene rings is 1. The molecule has 6 heteroatoms. The van der Waals surface area contributed by atoms with Crippen LogP contribution < -0.4 is 16.4 Å². The van der Waals surface area contributed by atoms with Gasteiger partial charge in [0.15, 0.2) is 5.96 Å². The third-order valence-electron chi connectivity index (χ3n) is 3.58. The van der Waals surface area contributed by atoms with E-state index in [1.54, 1.807) is 19.2 Å². The Balaban J connectivity index is 1.88. The number of amides is 1. The van der Waals surface area contributed by atoms with E-state index in [1.165, 1.54) is 9.75 Å². The molecule has 1 unspecified atom stereocenters. The fourth-order valence-corrected chi connectivity index (χ4v) is 3.42. The smallest absolute Gasteiger partial charge is 0.248 e. The first kappa shape index (κ1) is 18.0. The van der Waals surface area contributed by atoms with Crippen LogP contribution in [0.4, 0.5) is 0 Å². The molecule has 1 amide bonds. The Hall–Kier alpha value is -2.34. The fourth-order valence-electron chi connectivity index (χ4n) is 2.40. The number of hydrogen-bond acceptors (Lipinski definition) is 3. The molecule has 1 heterocycles. The highest BCUT2D eigenvalue weighted by Gasteiger charge is 2.08. The van der Waals surface area contributed by atoms with Gasteiger partial charge in [0, 0.05) is 41.4 Å². The zero-order valence-corrected chi connectivity index (χ0v) is 15.1. The molecule has 1 atom stereocenters. The SMILES string of the molecule is CN=C(NCc1cccc(C(N)=O)c1)NC(C)Cc1ccc(C)s1. The number of guanidine groups is 1. The maximum Gasteiger partial charge on any atom is 0.248 e. The molecular formula is C18H24N4OS. The monoisotopic (exact) mass is 344 g/mol. The van der Waals surface area contributed by atoms with Crippen molar-refractivity contribution in [2.24, 2.45) is 10.7 Å². The van der Waals surface area contributed by atoms with Gasteiger partial charge in [-0.15, -0.1) is 11.3 Å². The quantitative estimate of drug-likeness (QED) is 0.556. The van der Waals surface area contributed by atoms with E-state index in [4.69, 9.17) is 5.73 Å². The van der Waals surface area contributed by atoms with Gasteiger partial charge in [-0.05, 0) is 43.7 Å². The summed E-state index contributed by atoms with van der Waals surface area (Å²) in [5, 5.41) is 6.65. The normalized spacial score (nSPS) is 12.7. The minimum absolute atomic E-state index is 0.270. The summed E-state index contributed by atoms with van der Waals surface area (Å²) in [6, 6.07) is 11.9. The van der Waals surface area contributed by atoms with E-state index in [-0.39, 0.29) is 6.04 Å². The Morgan fingerprint density at radius 1 is 1.33 bits per heavy atom. The molecule has 4 N–H and O–H groups in total. The number of rotatable bonds is 6. The molecule has 1 aromatic carbocycles. The second kappa shape index (κ2) is 8.49. The molecule has 0 fully saturated rings. The molecule has 0 bridgehead atoms. The Kier molecular flexibility index (Phi) is 6.37. The van der Waals surface area contributed by atoms with Crippen molar-refractivity contribution in [1.82, 2.24) is 10.6 Å². The molecule has 0 radical (unpaired) electrons. The highest BCUT2D eigenvalue weighted by molar-refractivity contribution is 7.11. The standard InChI is InChI=1S/C18H24N4OS/c1-12(9-16-8-7-13(2)24-16)22-18(20-3)21-11-14-5-4-6-15(10-14)17(19)23/h4-8,10,12H,9,11H2,1-3H3,(H2,19,23)(H2,20,21,22). The molecule has 2 aromatic rings. The number of nitrogens with zero attached hydrogens (tertiary/aromatic N) is 1. The van der Waals surface area contributed by atoms with Crippen molar-refractivity contribution in [2.75, 3.05) is 7.05 Å². The zero-order chi connectivity index (χ0) is 17.5. The molecule has 1 aromatic heterocycles. The number of nitrogens with one attached hydrogen (secondary N) is 2. The van der Waals surface area contributed by atoms with Crippen LogP contribution >= 0.6 is 11.3 Å². The molecule has 24 heavy (non-hydrogen) atoms. The van der Waals surface area contributed by atoms with Crippen molar-refractivity contribution in [3.05, 3.63) is 57.3 Å². The van der Waals surface area contributed by atoms with Crippen LogP contribution in [0.25, 0.3) is 0 Å². The fraction of sp³-hybridized carbons (Fsp3) is 0.333. The highest BCUT2D eigenvalue weighted by Crippen LogP contribution is 2.16. The van der Waals surface area contributed by atoms with Gasteiger partial charge in [0.25, 0.3) is 0 Å². The number of primary amides is 1. The van der Waals surface area contributed by atoms with Gasteiger partial charge in [0.2, 0.25) is 5.91 Å². The third kappa shape index (κ3) is 5.38. The van der Waals surface area contributed by atoms with Crippen LogP contribution in [0.5, 0.6) is 0 Å². The summed E-state index contributed by atoms with van der Waals surface area (Å²) in [6.07, 6.45) is 0.955. The van der Waals surface area contributed by atoms with Crippen molar-refractivity contribution < 1.29 is 4.79 Å². The Morgan fingerprint density at radius 2 is 2.12 bits per heavy atom. The molecular weight excluding hydrogens is 320 g/mol. The van der Waals surface area contributed by atoms with Crippen LogP contribution in [0.1, 0.15) is 32.6 Å². The molecule has 0 aliphatic carbocycles. The summed E-state index contributed by atoms with van der Waals surface area (Å²) in [6.45, 7) is 4.83. The van der Waals surface area contributed by atoms with Gasteiger partial charge in [0.1, 0.15) is 0 Å². The predicted molar refractivity (Wildman–Crippen MR) is 101 cm³/mol. The molecule has 0 spiro atoms. The summed E-state index contributed by atoms with van der Waals surface area (Å²) < 4.78 is 0. The van der Waals surface area contributed by atoms with Gasteiger partial charge < -0.3 is 16.4 Å². The largest absolute Gasteiger partial charge is 0.366 e. The first-order valence-electron chi connectivity index (χ1n) is 7.89. The number of aliphatic imine (C=N–C) groups is 1. The number of hydrogen-bond donors (Lipinski definition) is 3. The van der Waals surface area contributed by atoms with Crippen molar-refractivity contribution in [3.63, 3.8) is 0 Å². The van der Waals surface area contributed by atoms with Crippen molar-refractivity contribution in [2.45, 2.75) is 32.9 Å². The molecule has 0 aliphatic rings. The van der Waals surface area contributed by atoms with E-state index in [2.05, 4.69) is 41.6 Å². The van der Waals surface area contributed by atoms with Crippen LogP contribution in [0.3, 0.4) is 0 Å². The summed E-state index contributed by atoms with van der Waals surface area (Å²) >= 11 is 1.82. The molecule has 0 aliphatic heterocycles. The summed E-state index contributed by atoms with van der Waals surface area (Å²) in [4.78, 5) is 18.2. The van der Waals surface area contributed by atoms with Gasteiger partial charge in [-0.25, -0.2) is 0 Å². The van der Waals surface area contributed by atoms with Crippen LogP contribution in [0, 0.1) is 6.92 Å². The van der Waals surface area contributed by atoms with Crippen molar-refractivity contribution in [1.29, 1.82) is 0 Å². The second-order valence-corrected chi connectivity index (χ2v) is 7.12. The zero-order valence-electron chi connectivity index (χ0n) is 14.3. The summed E-state index contributed by atoms with van der Waals surface area (Å²) in [5.74, 6) is 0.319. The minimum Gasteiger partial charge on any atom is -0.366 e. The molecule has 2 rings (SSSR count). The summed E-state index contributed by atoms with van der Waals surface area (Å²) in [7, 11) is 1.75. The number of nitrogens with two attached hydrogens (primary N) is 1. The lowest BCUT2D eigenvalue weighted by Crippen LogP contribution is -2.42. The van der Waals surface area contributed by atoms with Gasteiger partial charge >= 0.3 is 0 Å². The Labute approximate surface area is 147 Å². The average molecular weight is 344 g/mol. The molecule has 0 saturated heterocycles. The number of carbonyl (C=O) groups is 1. The maximum absolute atomic E-state index is 11.2. The van der Waals surface area contributed by atoms with Crippen LogP contribution in [0.15, 0.2) is 41.4 Å². The van der Waals surface area contributed by atoms with E-state index in [0.717, 1.165) is 17.9 Å². The lowest BCUT2D eigenvalue weighted by Gasteiger charge is -2.17. The topological polar surface area (TPSA) is 79.5 Å². The number of thiophene rings is 1. The first-order chi connectivity index (χ1) is 11.5. The number of aryl methyl sites for hydroxylation is 1. The molecule has 128 valence electrons. The third-order valence-corrected chi connectivity index (χ3v) is 4.60. The number of carbonyl (C=O) groups excluding carboxylic acids is 1. The van der Waals surface area contributed by atoms with Crippen molar-refractivity contribution in [3.8, 4) is 0 Å². The van der Waals surface area contributed by atoms with Crippen molar-refractivity contribution >= 4 is 23.2 Å². The predicted octanol–water partition coefficient (Wildman–Crippen LogP) is 2.45. The van der Waals surface area contributed by atoms with E-state index in [1.807, 2.05) is 23.5 Å². The van der Waals surface area contributed by atoms with Crippen LogP contribution in [-0.2, 0) is 13.0 Å². The highest BCUT2D eigenvalue weighted by atomic mass is 32.1. The lowest BCUT2D eigenvalue weighted by molar-refractivity contribution is 0.1000. The average Bonchev–Trinajstić information content (AvgIpc) is 2.96. The maximum atomic E-state index is 11.2. The van der Waals surface area contributed by atoms with E-state index >= 15 is 0 Å².